The maximum absolute atomic E-state index is 11.1. The maximum Gasteiger partial charge on any atom is 0.339 e. The topological polar surface area (TPSA) is 55.8 Å². The van der Waals surface area contributed by atoms with Crippen LogP contribution in [0.5, 0.6) is 23.0 Å². The van der Waals surface area contributed by atoms with Gasteiger partial charge in [-0.15, -0.1) is 0 Å². The Hall–Kier alpha value is -2.20. The fourth-order valence-electron chi connectivity index (χ4n) is 1.76. The molecular weight excluding hydrogens is 256 g/mol. The van der Waals surface area contributed by atoms with E-state index in [1.165, 1.54) is 6.07 Å². The van der Waals surface area contributed by atoms with Gasteiger partial charge in [-0.05, 0) is 24.3 Å². The van der Waals surface area contributed by atoms with Gasteiger partial charge in [0.15, 0.2) is 23.0 Å². The van der Waals surface area contributed by atoms with Crippen molar-refractivity contribution in [3.63, 3.8) is 0 Å². The van der Waals surface area contributed by atoms with Gasteiger partial charge < -0.3 is 14.6 Å². The molecule has 0 aliphatic carbocycles. The number of fused-ring (bicyclic) bond motifs is 2. The second-order valence-electron chi connectivity index (χ2n) is 3.71. The lowest BCUT2D eigenvalue weighted by molar-refractivity contribution is 0.0693. The number of hydrogen-bond donors (Lipinski definition) is 1. The highest BCUT2D eigenvalue weighted by molar-refractivity contribution is 6.32. The summed E-state index contributed by atoms with van der Waals surface area (Å²) in [6.45, 7) is 0. The van der Waals surface area contributed by atoms with Crippen LogP contribution >= 0.6 is 11.6 Å². The van der Waals surface area contributed by atoms with Crippen LogP contribution in [0.4, 0.5) is 0 Å². The quantitative estimate of drug-likeness (QED) is 0.722. The summed E-state index contributed by atoms with van der Waals surface area (Å²) >= 11 is 5.99. The first-order valence-corrected chi connectivity index (χ1v) is 5.55. The van der Waals surface area contributed by atoms with Crippen LogP contribution < -0.4 is 9.47 Å². The summed E-state index contributed by atoms with van der Waals surface area (Å²) in [5.74, 6) is 0.272. The normalized spacial score (nSPS) is 11.8. The fraction of sp³-hybridized carbons (Fsp3) is 0. The third-order valence-electron chi connectivity index (χ3n) is 2.56. The molecule has 1 aliphatic rings. The molecule has 18 heavy (non-hydrogen) atoms. The number of hydrogen-bond acceptors (Lipinski definition) is 3. The number of rotatable bonds is 1. The first-order valence-electron chi connectivity index (χ1n) is 5.17. The van der Waals surface area contributed by atoms with Crippen molar-refractivity contribution < 1.29 is 19.4 Å². The zero-order valence-electron chi connectivity index (χ0n) is 9.01. The number of carboxylic acids is 1. The van der Waals surface area contributed by atoms with Crippen molar-refractivity contribution in [2.24, 2.45) is 0 Å². The zero-order chi connectivity index (χ0) is 12.7. The van der Waals surface area contributed by atoms with Gasteiger partial charge in [0.05, 0.1) is 5.02 Å². The van der Waals surface area contributed by atoms with Gasteiger partial charge in [0, 0.05) is 0 Å². The summed E-state index contributed by atoms with van der Waals surface area (Å²) in [5, 5.41) is 9.50. The van der Waals surface area contributed by atoms with Gasteiger partial charge in [0.2, 0.25) is 0 Å². The Morgan fingerprint density at radius 3 is 2.33 bits per heavy atom. The van der Waals surface area contributed by atoms with E-state index in [0.29, 0.717) is 22.3 Å². The van der Waals surface area contributed by atoms with Crippen molar-refractivity contribution in [3.8, 4) is 23.0 Å². The molecule has 0 atom stereocenters. The Balaban J connectivity index is 2.16. The third kappa shape index (κ3) is 1.58. The minimum absolute atomic E-state index is 0.0538. The number of aromatic carboxylic acids is 1. The van der Waals surface area contributed by atoms with Gasteiger partial charge in [-0.3, -0.25) is 0 Å². The van der Waals surface area contributed by atoms with Gasteiger partial charge in [0.25, 0.3) is 0 Å². The summed E-state index contributed by atoms with van der Waals surface area (Å²) in [6.07, 6.45) is 0. The standard InChI is InChI=1S/C13H7ClO4/c14-8-4-2-6-10-12(8)18-9-5-1-3-7(13(15)16)11(9)17-10/h1-6H,(H,15,16). The Bertz CT molecular complexity index is 651. The molecule has 1 N–H and O–H groups in total. The molecule has 5 heteroatoms. The molecule has 0 radical (unpaired) electrons. The van der Waals surface area contributed by atoms with E-state index in [4.69, 9.17) is 26.2 Å². The molecular formula is C13H7ClO4. The summed E-state index contributed by atoms with van der Waals surface area (Å²) in [7, 11) is 0. The molecule has 90 valence electrons. The molecule has 0 aromatic heterocycles. The summed E-state index contributed by atoms with van der Waals surface area (Å²) in [6, 6.07) is 9.74. The van der Waals surface area contributed by atoms with Crippen LogP contribution in [-0.2, 0) is 0 Å². The third-order valence-corrected chi connectivity index (χ3v) is 2.86. The zero-order valence-corrected chi connectivity index (χ0v) is 9.77. The highest BCUT2D eigenvalue weighted by atomic mass is 35.5. The molecule has 1 heterocycles. The second-order valence-corrected chi connectivity index (χ2v) is 4.12. The molecule has 1 aliphatic heterocycles. The molecule has 0 saturated heterocycles. The van der Waals surface area contributed by atoms with E-state index < -0.39 is 5.97 Å². The minimum atomic E-state index is -1.07. The van der Waals surface area contributed by atoms with Crippen molar-refractivity contribution in [2.45, 2.75) is 0 Å². The van der Waals surface area contributed by atoms with E-state index >= 15 is 0 Å². The first-order chi connectivity index (χ1) is 8.66. The maximum atomic E-state index is 11.1. The van der Waals surface area contributed by atoms with Gasteiger partial charge >= 0.3 is 5.97 Å². The molecule has 4 nitrogen and oxygen atoms in total. The average Bonchev–Trinajstić information content (AvgIpc) is 2.36. The summed E-state index contributed by atoms with van der Waals surface area (Å²) in [4.78, 5) is 11.1. The number of para-hydroxylation sites is 2. The Kier molecular flexibility index (Phi) is 2.38. The second kappa shape index (κ2) is 3.92. The summed E-state index contributed by atoms with van der Waals surface area (Å²) < 4.78 is 11.1. The smallest absolute Gasteiger partial charge is 0.339 e. The Morgan fingerprint density at radius 2 is 1.61 bits per heavy atom. The number of halogens is 1. The van der Waals surface area contributed by atoms with Crippen LogP contribution in [0, 0.1) is 0 Å². The van der Waals surface area contributed by atoms with Crippen LogP contribution in [-0.4, -0.2) is 11.1 Å². The van der Waals surface area contributed by atoms with E-state index in [2.05, 4.69) is 0 Å². The van der Waals surface area contributed by atoms with Gasteiger partial charge in [-0.1, -0.05) is 23.7 Å². The van der Waals surface area contributed by atoms with Crippen LogP contribution in [0.15, 0.2) is 36.4 Å². The molecule has 0 spiro atoms. The van der Waals surface area contributed by atoms with E-state index in [1.54, 1.807) is 30.3 Å². The Labute approximate surface area is 107 Å². The predicted molar refractivity (Wildman–Crippen MR) is 65.0 cm³/mol. The number of benzene rings is 2. The van der Waals surface area contributed by atoms with Crippen molar-refractivity contribution in [1.82, 2.24) is 0 Å². The lowest BCUT2D eigenvalue weighted by Gasteiger charge is -2.22. The van der Waals surface area contributed by atoms with Gasteiger partial charge in [-0.2, -0.15) is 0 Å². The van der Waals surface area contributed by atoms with E-state index in [1.807, 2.05) is 0 Å². The van der Waals surface area contributed by atoms with Gasteiger partial charge in [0.1, 0.15) is 5.56 Å². The highest BCUT2D eigenvalue weighted by Crippen LogP contribution is 2.49. The van der Waals surface area contributed by atoms with Crippen molar-refractivity contribution in [2.75, 3.05) is 0 Å². The van der Waals surface area contributed by atoms with Gasteiger partial charge in [-0.25, -0.2) is 4.79 Å². The van der Waals surface area contributed by atoms with Crippen molar-refractivity contribution in [1.29, 1.82) is 0 Å². The molecule has 2 aromatic carbocycles. The highest BCUT2D eigenvalue weighted by Gasteiger charge is 2.25. The van der Waals surface area contributed by atoms with Crippen LogP contribution in [0.1, 0.15) is 10.4 Å². The monoisotopic (exact) mass is 262 g/mol. The van der Waals surface area contributed by atoms with Crippen LogP contribution in [0.3, 0.4) is 0 Å². The van der Waals surface area contributed by atoms with E-state index in [9.17, 15) is 4.79 Å². The molecule has 0 fully saturated rings. The fourth-order valence-corrected chi connectivity index (χ4v) is 1.96. The largest absolute Gasteiger partial charge is 0.478 e. The molecule has 0 amide bonds. The lowest BCUT2D eigenvalue weighted by atomic mass is 10.1. The lowest BCUT2D eigenvalue weighted by Crippen LogP contribution is -2.05. The molecule has 0 saturated carbocycles. The van der Waals surface area contributed by atoms with Crippen molar-refractivity contribution in [3.05, 3.63) is 47.0 Å². The van der Waals surface area contributed by atoms with Crippen molar-refractivity contribution >= 4 is 17.6 Å². The predicted octanol–water partition coefficient (Wildman–Crippen LogP) is 3.94. The molecule has 0 bridgehead atoms. The van der Waals surface area contributed by atoms with E-state index in [-0.39, 0.29) is 11.3 Å². The number of carbonyl (C=O) groups is 1. The van der Waals surface area contributed by atoms with E-state index in [0.717, 1.165) is 0 Å². The number of carboxylic acid groups (broad SMARTS) is 1. The Morgan fingerprint density at radius 1 is 1.00 bits per heavy atom. The average molecular weight is 263 g/mol. The summed E-state index contributed by atoms with van der Waals surface area (Å²) in [5.41, 5.74) is 0.0538. The van der Waals surface area contributed by atoms with Crippen LogP contribution in [0.25, 0.3) is 0 Å². The minimum Gasteiger partial charge on any atom is -0.478 e. The SMILES string of the molecule is O=C(O)c1cccc2c1Oc1cccc(Cl)c1O2. The molecule has 2 aromatic rings. The van der Waals surface area contributed by atoms with Crippen LogP contribution in [0.2, 0.25) is 5.02 Å². The molecule has 0 unspecified atom stereocenters. The molecule has 3 rings (SSSR count). The number of ether oxygens (including phenoxy) is 2. The first kappa shape index (κ1) is 10.9.